The average Bonchev–Trinajstić information content (AvgIpc) is 2.50. The summed E-state index contributed by atoms with van der Waals surface area (Å²) in [5, 5.41) is 21.0. The number of hydrogen-bond acceptors (Lipinski definition) is 3. The molecule has 1 aliphatic carbocycles. The van der Waals surface area contributed by atoms with Gasteiger partial charge in [-0.05, 0) is 42.7 Å². The molecule has 3 heteroatoms. The quantitative estimate of drug-likeness (QED) is 0.859. The Bertz CT molecular complexity index is 577. The molecule has 3 nitrogen and oxygen atoms in total. The van der Waals surface area contributed by atoms with Crippen LogP contribution in [0.3, 0.4) is 0 Å². The molecule has 0 aromatic heterocycles. The zero-order valence-corrected chi connectivity index (χ0v) is 12.9. The first kappa shape index (κ1) is 14.4. The highest BCUT2D eigenvalue weighted by Crippen LogP contribution is 2.51. The number of rotatable bonds is 1. The number of para-hydroxylation sites is 1. The zero-order valence-electron chi connectivity index (χ0n) is 12.9. The highest BCUT2D eigenvalue weighted by Gasteiger charge is 2.55. The summed E-state index contributed by atoms with van der Waals surface area (Å²) in [6.45, 7) is 4.76. The van der Waals surface area contributed by atoms with E-state index in [4.69, 9.17) is 4.74 Å². The van der Waals surface area contributed by atoms with Crippen LogP contribution < -0.4 is 4.74 Å². The van der Waals surface area contributed by atoms with Crippen molar-refractivity contribution >= 4 is 0 Å². The summed E-state index contributed by atoms with van der Waals surface area (Å²) in [6, 6.07) is 10.3. The van der Waals surface area contributed by atoms with Crippen molar-refractivity contribution in [3.05, 3.63) is 29.8 Å². The largest absolute Gasteiger partial charge is 0.492 e. The van der Waals surface area contributed by atoms with Gasteiger partial charge >= 0.3 is 0 Å². The maximum atomic E-state index is 11.2. The van der Waals surface area contributed by atoms with Crippen molar-refractivity contribution in [2.45, 2.75) is 51.6 Å². The van der Waals surface area contributed by atoms with Crippen molar-refractivity contribution < 1.29 is 9.84 Å². The molecule has 1 aromatic carbocycles. The third-order valence-corrected chi connectivity index (χ3v) is 5.47. The second kappa shape index (κ2) is 4.74. The van der Waals surface area contributed by atoms with Crippen molar-refractivity contribution in [3.63, 3.8) is 0 Å². The number of benzene rings is 1. The van der Waals surface area contributed by atoms with Crippen molar-refractivity contribution in [2.75, 3.05) is 6.61 Å². The van der Waals surface area contributed by atoms with Gasteiger partial charge < -0.3 is 9.84 Å². The van der Waals surface area contributed by atoms with Gasteiger partial charge in [0.25, 0.3) is 0 Å². The molecule has 2 aliphatic rings. The second-order valence-electron chi connectivity index (χ2n) is 7.46. The van der Waals surface area contributed by atoms with Gasteiger partial charge in [0, 0.05) is 6.42 Å². The summed E-state index contributed by atoms with van der Waals surface area (Å²) >= 11 is 0. The van der Waals surface area contributed by atoms with Crippen LogP contribution in [0.25, 0.3) is 0 Å². The molecule has 1 unspecified atom stereocenters. The second-order valence-corrected chi connectivity index (χ2v) is 7.46. The molecule has 3 rings (SSSR count). The fourth-order valence-corrected chi connectivity index (χ4v) is 3.66. The Morgan fingerprint density at radius 3 is 2.48 bits per heavy atom. The maximum absolute atomic E-state index is 11.2. The number of aliphatic hydroxyl groups is 1. The molecule has 0 amide bonds. The Morgan fingerprint density at radius 1 is 1.14 bits per heavy atom. The Balaban J connectivity index is 1.91. The van der Waals surface area contributed by atoms with Crippen LogP contribution in [0.1, 0.15) is 45.1 Å². The number of nitrogens with zero attached hydrogens (tertiary/aromatic N) is 1. The lowest BCUT2D eigenvalue weighted by atomic mass is 9.59. The predicted octanol–water partition coefficient (Wildman–Crippen LogP) is 3.46. The molecule has 1 aliphatic heterocycles. The van der Waals surface area contributed by atoms with Crippen LogP contribution in [0.5, 0.6) is 5.75 Å². The van der Waals surface area contributed by atoms with E-state index in [0.29, 0.717) is 19.3 Å². The molecule has 1 saturated carbocycles. The highest BCUT2D eigenvalue weighted by molar-refractivity contribution is 5.39. The molecule has 21 heavy (non-hydrogen) atoms. The maximum Gasteiger partial charge on any atom is 0.124 e. The minimum atomic E-state index is -0.940. The van der Waals surface area contributed by atoms with Crippen molar-refractivity contribution in [1.82, 2.24) is 0 Å². The van der Waals surface area contributed by atoms with E-state index in [1.165, 1.54) is 0 Å². The Morgan fingerprint density at radius 2 is 1.81 bits per heavy atom. The molecule has 1 heterocycles. The lowest BCUT2D eigenvalue weighted by Crippen LogP contribution is -2.56. The van der Waals surface area contributed by atoms with Gasteiger partial charge in [0.2, 0.25) is 0 Å². The molecule has 112 valence electrons. The Kier molecular flexibility index (Phi) is 3.26. The lowest BCUT2D eigenvalue weighted by Gasteiger charge is -2.49. The summed E-state index contributed by atoms with van der Waals surface area (Å²) < 4.78 is 5.82. The fourth-order valence-electron chi connectivity index (χ4n) is 3.66. The van der Waals surface area contributed by atoms with Crippen LogP contribution >= 0.6 is 0 Å². The van der Waals surface area contributed by atoms with Crippen molar-refractivity contribution in [3.8, 4) is 11.8 Å². The van der Waals surface area contributed by atoms with Crippen molar-refractivity contribution in [1.29, 1.82) is 5.26 Å². The molecule has 0 spiro atoms. The smallest absolute Gasteiger partial charge is 0.124 e. The molecule has 0 radical (unpaired) electrons. The molecular formula is C18H23NO2. The van der Waals surface area contributed by atoms with Gasteiger partial charge in [-0.1, -0.05) is 32.0 Å². The first-order chi connectivity index (χ1) is 9.90. The Hall–Kier alpha value is -1.53. The SMILES string of the molecule is CC1(C)CCC(O)(C2(C#N)COc3ccccc3C2)CC1. The lowest BCUT2D eigenvalue weighted by molar-refractivity contribution is -0.119. The predicted molar refractivity (Wildman–Crippen MR) is 80.9 cm³/mol. The number of hydrogen-bond donors (Lipinski definition) is 1. The summed E-state index contributed by atoms with van der Waals surface area (Å²) in [7, 11) is 0. The summed E-state index contributed by atoms with van der Waals surface area (Å²) in [4.78, 5) is 0. The van der Waals surface area contributed by atoms with Gasteiger partial charge in [-0.15, -0.1) is 0 Å². The van der Waals surface area contributed by atoms with Gasteiger partial charge in [0.1, 0.15) is 17.8 Å². The summed E-state index contributed by atoms with van der Waals surface area (Å²) in [5.74, 6) is 0.850. The van der Waals surface area contributed by atoms with Crippen LogP contribution in [0.4, 0.5) is 0 Å². The van der Waals surface area contributed by atoms with E-state index in [1.54, 1.807) is 0 Å². The first-order valence-electron chi connectivity index (χ1n) is 7.74. The summed E-state index contributed by atoms with van der Waals surface area (Å²) in [5.41, 5.74) is -0.470. The van der Waals surface area contributed by atoms with Crippen molar-refractivity contribution in [2.24, 2.45) is 10.8 Å². The highest BCUT2D eigenvalue weighted by atomic mass is 16.5. The molecule has 0 bridgehead atoms. The third kappa shape index (κ3) is 2.32. The van der Waals surface area contributed by atoms with Gasteiger partial charge in [0.05, 0.1) is 11.7 Å². The molecular weight excluding hydrogens is 262 g/mol. The minimum Gasteiger partial charge on any atom is -0.492 e. The third-order valence-electron chi connectivity index (χ3n) is 5.47. The Labute approximate surface area is 126 Å². The van der Waals surface area contributed by atoms with E-state index in [1.807, 2.05) is 24.3 Å². The van der Waals surface area contributed by atoms with E-state index in [-0.39, 0.29) is 12.0 Å². The normalized spacial score (nSPS) is 29.8. The molecule has 1 N–H and O–H groups in total. The molecule has 1 aromatic rings. The van der Waals surface area contributed by atoms with E-state index in [0.717, 1.165) is 24.2 Å². The van der Waals surface area contributed by atoms with Crippen LogP contribution in [0.15, 0.2) is 24.3 Å². The minimum absolute atomic E-state index is 0.260. The fraction of sp³-hybridized carbons (Fsp3) is 0.611. The van der Waals surface area contributed by atoms with Crippen LogP contribution in [0.2, 0.25) is 0 Å². The van der Waals surface area contributed by atoms with Gasteiger partial charge in [-0.2, -0.15) is 5.26 Å². The van der Waals surface area contributed by atoms with Gasteiger partial charge in [-0.3, -0.25) is 0 Å². The van der Waals surface area contributed by atoms with Gasteiger partial charge in [0.15, 0.2) is 0 Å². The average molecular weight is 285 g/mol. The van der Waals surface area contributed by atoms with Crippen LogP contribution in [-0.2, 0) is 6.42 Å². The standard InChI is InChI=1S/C18H23NO2/c1-16(2)7-9-18(20,10-8-16)17(12-19)11-14-5-3-4-6-15(14)21-13-17/h3-6,20H,7-11,13H2,1-2H3. The van der Waals surface area contributed by atoms with E-state index in [9.17, 15) is 10.4 Å². The van der Waals surface area contributed by atoms with E-state index < -0.39 is 11.0 Å². The molecule has 0 saturated heterocycles. The molecule has 1 fully saturated rings. The molecule has 1 atom stereocenters. The zero-order chi connectivity index (χ0) is 15.1. The van der Waals surface area contributed by atoms with E-state index >= 15 is 0 Å². The number of nitriles is 1. The van der Waals surface area contributed by atoms with E-state index in [2.05, 4.69) is 19.9 Å². The number of fused-ring (bicyclic) bond motifs is 1. The van der Waals surface area contributed by atoms with Gasteiger partial charge in [-0.25, -0.2) is 0 Å². The van der Waals surface area contributed by atoms with Crippen LogP contribution in [-0.4, -0.2) is 17.3 Å². The topological polar surface area (TPSA) is 53.2 Å². The summed E-state index contributed by atoms with van der Waals surface area (Å²) in [6.07, 6.45) is 3.85. The monoisotopic (exact) mass is 285 g/mol. The van der Waals surface area contributed by atoms with Crippen LogP contribution in [0, 0.1) is 22.2 Å². The number of ether oxygens (including phenoxy) is 1. The first-order valence-corrected chi connectivity index (χ1v) is 7.74.